The molecular weight excluding hydrogens is 162 g/mol. The summed E-state index contributed by atoms with van der Waals surface area (Å²) in [6.45, 7) is 12.1. The summed E-state index contributed by atoms with van der Waals surface area (Å²) in [5.41, 5.74) is 0. The van der Waals surface area contributed by atoms with Gasteiger partial charge in [-0.25, -0.2) is 0 Å². The van der Waals surface area contributed by atoms with Crippen LogP contribution in [0.15, 0.2) is 0 Å². The predicted molar refractivity (Wildman–Crippen MR) is 55.9 cm³/mol. The van der Waals surface area contributed by atoms with Crippen molar-refractivity contribution < 1.29 is 4.74 Å². The number of morpholine rings is 1. The lowest BCUT2D eigenvalue weighted by Crippen LogP contribution is -2.49. The van der Waals surface area contributed by atoms with Crippen molar-refractivity contribution in [2.24, 2.45) is 5.92 Å². The van der Waals surface area contributed by atoms with Gasteiger partial charge in [0.1, 0.15) is 0 Å². The Bertz CT molecular complexity index is 137. The molecule has 0 saturated carbocycles. The summed E-state index contributed by atoms with van der Waals surface area (Å²) in [6.07, 6.45) is 1.30. The van der Waals surface area contributed by atoms with Crippen molar-refractivity contribution in [3.8, 4) is 0 Å². The Morgan fingerprint density at radius 2 is 1.77 bits per heavy atom. The van der Waals surface area contributed by atoms with Crippen molar-refractivity contribution in [3.63, 3.8) is 0 Å². The highest BCUT2D eigenvalue weighted by Crippen LogP contribution is 2.14. The molecular formula is C11H23NO. The lowest BCUT2D eigenvalue weighted by molar-refractivity contribution is -0.0381. The summed E-state index contributed by atoms with van der Waals surface area (Å²) >= 11 is 0. The van der Waals surface area contributed by atoms with Gasteiger partial charge >= 0.3 is 0 Å². The average Bonchev–Trinajstić information content (AvgIpc) is 2.03. The van der Waals surface area contributed by atoms with E-state index in [4.69, 9.17) is 4.74 Å². The van der Waals surface area contributed by atoms with Gasteiger partial charge in [-0.3, -0.25) is 4.90 Å². The molecule has 2 heteroatoms. The SMILES string of the molecule is CC(C)CCN1[C@H](C)COC[C@@H]1C. The average molecular weight is 185 g/mol. The number of hydrogen-bond acceptors (Lipinski definition) is 2. The Balaban J connectivity index is 2.35. The molecule has 1 heterocycles. The maximum absolute atomic E-state index is 5.49. The zero-order valence-corrected chi connectivity index (χ0v) is 9.42. The molecule has 0 aliphatic carbocycles. The molecule has 13 heavy (non-hydrogen) atoms. The second-order valence-electron chi connectivity index (χ2n) is 4.66. The van der Waals surface area contributed by atoms with Crippen LogP contribution in [0.3, 0.4) is 0 Å². The molecule has 1 aliphatic rings. The fraction of sp³-hybridized carbons (Fsp3) is 1.00. The lowest BCUT2D eigenvalue weighted by atomic mass is 10.1. The van der Waals surface area contributed by atoms with Crippen LogP contribution in [-0.4, -0.2) is 36.7 Å². The van der Waals surface area contributed by atoms with Gasteiger partial charge in [-0.2, -0.15) is 0 Å². The zero-order valence-electron chi connectivity index (χ0n) is 9.42. The number of hydrogen-bond donors (Lipinski definition) is 0. The van der Waals surface area contributed by atoms with Crippen LogP contribution in [0.5, 0.6) is 0 Å². The number of ether oxygens (including phenoxy) is 1. The van der Waals surface area contributed by atoms with Gasteiger partial charge < -0.3 is 4.74 Å². The number of nitrogens with zero attached hydrogens (tertiary/aromatic N) is 1. The third-order valence-corrected chi connectivity index (χ3v) is 2.82. The fourth-order valence-electron chi connectivity index (χ4n) is 1.88. The van der Waals surface area contributed by atoms with Gasteiger partial charge in [0.25, 0.3) is 0 Å². The van der Waals surface area contributed by atoms with Crippen LogP contribution < -0.4 is 0 Å². The quantitative estimate of drug-likeness (QED) is 0.668. The van der Waals surface area contributed by atoms with E-state index in [0.29, 0.717) is 12.1 Å². The molecule has 0 aromatic heterocycles. The third kappa shape index (κ3) is 3.28. The summed E-state index contributed by atoms with van der Waals surface area (Å²) in [4.78, 5) is 2.57. The fourth-order valence-corrected chi connectivity index (χ4v) is 1.88. The van der Waals surface area contributed by atoms with E-state index in [1.54, 1.807) is 0 Å². The molecule has 0 aromatic rings. The Morgan fingerprint density at radius 1 is 1.23 bits per heavy atom. The Kier molecular flexibility index (Phi) is 4.20. The monoisotopic (exact) mass is 185 g/mol. The Labute approximate surface area is 82.3 Å². The highest BCUT2D eigenvalue weighted by Gasteiger charge is 2.24. The van der Waals surface area contributed by atoms with Crippen molar-refractivity contribution in [1.29, 1.82) is 0 Å². The van der Waals surface area contributed by atoms with Crippen molar-refractivity contribution in [3.05, 3.63) is 0 Å². The van der Waals surface area contributed by atoms with Crippen molar-refractivity contribution in [2.45, 2.75) is 46.2 Å². The molecule has 0 spiro atoms. The minimum Gasteiger partial charge on any atom is -0.378 e. The largest absolute Gasteiger partial charge is 0.378 e. The Hall–Kier alpha value is -0.0800. The molecule has 1 saturated heterocycles. The predicted octanol–water partition coefficient (Wildman–Crippen LogP) is 2.14. The highest BCUT2D eigenvalue weighted by molar-refractivity contribution is 4.77. The van der Waals surface area contributed by atoms with Crippen LogP contribution in [0.4, 0.5) is 0 Å². The Morgan fingerprint density at radius 3 is 2.23 bits per heavy atom. The van der Waals surface area contributed by atoms with Crippen molar-refractivity contribution in [1.82, 2.24) is 4.90 Å². The third-order valence-electron chi connectivity index (χ3n) is 2.82. The van der Waals surface area contributed by atoms with E-state index in [1.165, 1.54) is 13.0 Å². The van der Waals surface area contributed by atoms with Crippen LogP contribution in [0.1, 0.15) is 34.1 Å². The molecule has 1 fully saturated rings. The maximum Gasteiger partial charge on any atom is 0.0620 e. The van der Waals surface area contributed by atoms with E-state index in [0.717, 1.165) is 19.1 Å². The van der Waals surface area contributed by atoms with Crippen LogP contribution in [0.2, 0.25) is 0 Å². The second-order valence-corrected chi connectivity index (χ2v) is 4.66. The van der Waals surface area contributed by atoms with Crippen LogP contribution in [-0.2, 0) is 4.74 Å². The minimum atomic E-state index is 0.600. The lowest BCUT2D eigenvalue weighted by Gasteiger charge is -2.39. The van der Waals surface area contributed by atoms with Crippen LogP contribution in [0.25, 0.3) is 0 Å². The summed E-state index contributed by atoms with van der Waals surface area (Å²) in [5, 5.41) is 0. The van der Waals surface area contributed by atoms with Gasteiger partial charge in [0.2, 0.25) is 0 Å². The van der Waals surface area contributed by atoms with E-state index in [9.17, 15) is 0 Å². The summed E-state index contributed by atoms with van der Waals surface area (Å²) in [5.74, 6) is 0.808. The smallest absolute Gasteiger partial charge is 0.0620 e. The first-order valence-electron chi connectivity index (χ1n) is 5.44. The van der Waals surface area contributed by atoms with Gasteiger partial charge in [-0.1, -0.05) is 13.8 Å². The first-order valence-corrected chi connectivity index (χ1v) is 5.44. The highest BCUT2D eigenvalue weighted by atomic mass is 16.5. The van der Waals surface area contributed by atoms with Crippen LogP contribution in [0, 0.1) is 5.92 Å². The molecule has 2 nitrogen and oxygen atoms in total. The number of rotatable bonds is 3. The molecule has 78 valence electrons. The molecule has 2 atom stereocenters. The molecule has 0 aromatic carbocycles. The van der Waals surface area contributed by atoms with Crippen molar-refractivity contribution >= 4 is 0 Å². The zero-order chi connectivity index (χ0) is 9.84. The standard InChI is InChI=1S/C11H23NO/c1-9(2)5-6-12-10(3)7-13-8-11(12)4/h9-11H,5-8H2,1-4H3/t10-,11+. The van der Waals surface area contributed by atoms with E-state index in [-0.39, 0.29) is 0 Å². The van der Waals surface area contributed by atoms with Crippen molar-refractivity contribution in [2.75, 3.05) is 19.8 Å². The molecule has 0 radical (unpaired) electrons. The summed E-state index contributed by atoms with van der Waals surface area (Å²) < 4.78 is 5.49. The van der Waals surface area contributed by atoms with Gasteiger partial charge in [0, 0.05) is 12.1 Å². The maximum atomic E-state index is 5.49. The topological polar surface area (TPSA) is 12.5 Å². The molecule has 1 rings (SSSR count). The second kappa shape index (κ2) is 4.97. The molecule has 0 unspecified atom stereocenters. The normalized spacial score (nSPS) is 31.2. The first-order chi connectivity index (χ1) is 6.11. The van der Waals surface area contributed by atoms with Gasteiger partial charge in [0.15, 0.2) is 0 Å². The minimum absolute atomic E-state index is 0.600. The molecule has 0 amide bonds. The van der Waals surface area contributed by atoms with Gasteiger partial charge in [-0.05, 0) is 32.7 Å². The van der Waals surface area contributed by atoms with Crippen LogP contribution >= 0.6 is 0 Å². The molecule has 1 aliphatic heterocycles. The first kappa shape index (κ1) is 11.0. The van der Waals surface area contributed by atoms with E-state index in [2.05, 4.69) is 32.6 Å². The van der Waals surface area contributed by atoms with E-state index in [1.807, 2.05) is 0 Å². The van der Waals surface area contributed by atoms with Gasteiger partial charge in [-0.15, -0.1) is 0 Å². The molecule has 0 N–H and O–H groups in total. The summed E-state index contributed by atoms with van der Waals surface area (Å²) in [6, 6.07) is 1.20. The van der Waals surface area contributed by atoms with E-state index < -0.39 is 0 Å². The van der Waals surface area contributed by atoms with E-state index >= 15 is 0 Å². The van der Waals surface area contributed by atoms with Gasteiger partial charge in [0.05, 0.1) is 13.2 Å². The summed E-state index contributed by atoms with van der Waals surface area (Å²) in [7, 11) is 0. The molecule has 0 bridgehead atoms.